The second-order valence-electron chi connectivity index (χ2n) is 3.79. The lowest BCUT2D eigenvalue weighted by Gasteiger charge is -2.15. The predicted octanol–water partition coefficient (Wildman–Crippen LogP) is 2.04. The van der Waals surface area contributed by atoms with Crippen molar-refractivity contribution >= 4 is 5.91 Å². The summed E-state index contributed by atoms with van der Waals surface area (Å²) in [4.78, 5) is 16.9. The van der Waals surface area contributed by atoms with Gasteiger partial charge in [0.15, 0.2) is 0 Å². The van der Waals surface area contributed by atoms with Gasteiger partial charge in [-0.3, -0.25) is 9.63 Å². The van der Waals surface area contributed by atoms with Crippen LogP contribution in [0.4, 0.5) is 4.39 Å². The zero-order chi connectivity index (χ0) is 14.5. The quantitative estimate of drug-likeness (QED) is 0.800. The predicted molar refractivity (Wildman–Crippen MR) is 67.6 cm³/mol. The minimum absolute atomic E-state index is 0.0213. The Morgan fingerprint density at radius 3 is 2.60 bits per heavy atom. The van der Waals surface area contributed by atoms with Gasteiger partial charge in [0, 0.05) is 7.05 Å². The maximum Gasteiger partial charge on any atom is 0.282 e. The third-order valence-corrected chi connectivity index (χ3v) is 2.51. The fraction of sp³-hybridized carbons (Fsp3) is 0.154. The highest BCUT2D eigenvalue weighted by Gasteiger charge is 2.18. The number of carbonyl (C=O) groups is 1. The number of carbonyl (C=O) groups excluding carboxylic acids is 1. The maximum absolute atomic E-state index is 12.8. The Labute approximate surface area is 114 Å². The van der Waals surface area contributed by atoms with Gasteiger partial charge in [-0.15, -0.1) is 5.10 Å². The van der Waals surface area contributed by atoms with Crippen molar-refractivity contribution < 1.29 is 18.8 Å². The Balaban J connectivity index is 2.28. The number of benzene rings is 1. The van der Waals surface area contributed by atoms with Crippen LogP contribution in [-0.2, 0) is 4.84 Å². The molecule has 2 aromatic rings. The molecule has 1 aromatic carbocycles. The normalized spacial score (nSPS) is 10.2. The number of amides is 1. The van der Waals surface area contributed by atoms with Crippen LogP contribution >= 0.6 is 0 Å². The highest BCUT2D eigenvalue weighted by atomic mass is 19.1. The van der Waals surface area contributed by atoms with Crippen molar-refractivity contribution in [3.05, 3.63) is 47.9 Å². The van der Waals surface area contributed by atoms with E-state index < -0.39 is 5.91 Å². The molecule has 0 bridgehead atoms. The van der Waals surface area contributed by atoms with E-state index in [9.17, 15) is 9.18 Å². The molecule has 0 saturated carbocycles. The molecule has 0 unspecified atom stereocenters. The zero-order valence-electron chi connectivity index (χ0n) is 10.9. The van der Waals surface area contributed by atoms with E-state index in [1.165, 1.54) is 50.7 Å². The highest BCUT2D eigenvalue weighted by molar-refractivity contribution is 5.95. The van der Waals surface area contributed by atoms with Crippen LogP contribution in [-0.4, -0.2) is 35.3 Å². The van der Waals surface area contributed by atoms with E-state index in [1.54, 1.807) is 0 Å². The van der Waals surface area contributed by atoms with Gasteiger partial charge in [0.2, 0.25) is 0 Å². The average Bonchev–Trinajstić information content (AvgIpc) is 2.48. The van der Waals surface area contributed by atoms with Gasteiger partial charge in [-0.1, -0.05) is 0 Å². The zero-order valence-corrected chi connectivity index (χ0v) is 10.9. The molecule has 1 heterocycles. The third-order valence-electron chi connectivity index (χ3n) is 2.51. The summed E-state index contributed by atoms with van der Waals surface area (Å²) in [6.07, 6.45) is 1.37. The topological polar surface area (TPSA) is 64.5 Å². The van der Waals surface area contributed by atoms with E-state index in [4.69, 9.17) is 9.57 Å². The van der Waals surface area contributed by atoms with Crippen molar-refractivity contribution in [1.82, 2.24) is 15.3 Å². The number of aromatic nitrogens is 2. The Hall–Kier alpha value is -2.54. The Morgan fingerprint density at radius 1 is 1.25 bits per heavy atom. The minimum Gasteiger partial charge on any atom is -0.437 e. The van der Waals surface area contributed by atoms with Crippen LogP contribution in [0.25, 0.3) is 0 Å². The molecular weight excluding hydrogens is 265 g/mol. The van der Waals surface area contributed by atoms with Crippen molar-refractivity contribution in [2.45, 2.75) is 0 Å². The molecular formula is C13H12FN3O3. The van der Waals surface area contributed by atoms with Crippen molar-refractivity contribution in [3.63, 3.8) is 0 Å². The molecule has 0 fully saturated rings. The third kappa shape index (κ3) is 3.07. The summed E-state index contributed by atoms with van der Waals surface area (Å²) in [5, 5.41) is 8.47. The van der Waals surface area contributed by atoms with Crippen LogP contribution in [0.5, 0.6) is 11.6 Å². The standard InChI is InChI=1S/C13H12FN3O3/c1-17(19-2)13(18)11-7-8-15-16-12(11)20-10-5-3-9(14)4-6-10/h3-8H,1-2H3. The van der Waals surface area contributed by atoms with Crippen LogP contribution in [0.1, 0.15) is 10.4 Å². The monoisotopic (exact) mass is 277 g/mol. The van der Waals surface area contributed by atoms with E-state index in [2.05, 4.69) is 10.2 Å². The lowest BCUT2D eigenvalue weighted by atomic mass is 10.2. The summed E-state index contributed by atoms with van der Waals surface area (Å²) >= 11 is 0. The van der Waals surface area contributed by atoms with Gasteiger partial charge in [-0.2, -0.15) is 5.10 Å². The average molecular weight is 277 g/mol. The van der Waals surface area contributed by atoms with Gasteiger partial charge in [-0.05, 0) is 30.3 Å². The van der Waals surface area contributed by atoms with E-state index >= 15 is 0 Å². The molecule has 1 amide bonds. The molecule has 0 aliphatic rings. The summed E-state index contributed by atoms with van der Waals surface area (Å²) < 4.78 is 18.3. The van der Waals surface area contributed by atoms with Gasteiger partial charge >= 0.3 is 0 Å². The fourth-order valence-electron chi connectivity index (χ4n) is 1.42. The smallest absolute Gasteiger partial charge is 0.282 e. The Bertz CT molecular complexity index is 604. The van der Waals surface area contributed by atoms with Crippen molar-refractivity contribution in [2.75, 3.05) is 14.2 Å². The Morgan fingerprint density at radius 2 is 1.95 bits per heavy atom. The van der Waals surface area contributed by atoms with E-state index in [0.717, 1.165) is 5.06 Å². The van der Waals surface area contributed by atoms with E-state index in [0.29, 0.717) is 5.75 Å². The summed E-state index contributed by atoms with van der Waals surface area (Å²) in [5.41, 5.74) is 0.189. The van der Waals surface area contributed by atoms with Gasteiger partial charge < -0.3 is 4.74 Å². The van der Waals surface area contributed by atoms with Crippen LogP contribution in [0.15, 0.2) is 36.5 Å². The first-order chi connectivity index (χ1) is 9.61. The Kier molecular flexibility index (Phi) is 4.21. The van der Waals surface area contributed by atoms with Crippen LogP contribution in [0, 0.1) is 5.82 Å². The maximum atomic E-state index is 12.8. The summed E-state index contributed by atoms with van der Waals surface area (Å²) in [7, 11) is 2.83. The largest absolute Gasteiger partial charge is 0.437 e. The number of hydrogen-bond acceptors (Lipinski definition) is 5. The lowest BCUT2D eigenvalue weighted by molar-refractivity contribution is -0.0758. The fourth-order valence-corrected chi connectivity index (χ4v) is 1.42. The summed E-state index contributed by atoms with van der Waals surface area (Å²) in [5.74, 6) is -0.444. The molecule has 0 saturated heterocycles. The molecule has 104 valence electrons. The number of ether oxygens (including phenoxy) is 1. The second-order valence-corrected chi connectivity index (χ2v) is 3.79. The SMILES string of the molecule is CON(C)C(=O)c1ccnnc1Oc1ccc(F)cc1. The van der Waals surface area contributed by atoms with E-state index in [-0.39, 0.29) is 17.3 Å². The number of rotatable bonds is 4. The lowest BCUT2D eigenvalue weighted by Crippen LogP contribution is -2.26. The highest BCUT2D eigenvalue weighted by Crippen LogP contribution is 2.23. The minimum atomic E-state index is -0.431. The number of halogens is 1. The molecule has 0 radical (unpaired) electrons. The molecule has 0 aliphatic heterocycles. The van der Waals surface area contributed by atoms with Crippen LogP contribution in [0.3, 0.4) is 0 Å². The van der Waals surface area contributed by atoms with Gasteiger partial charge in [0.05, 0.1) is 13.3 Å². The van der Waals surface area contributed by atoms with Crippen molar-refractivity contribution in [2.24, 2.45) is 0 Å². The summed E-state index contributed by atoms with van der Waals surface area (Å²) in [6, 6.07) is 6.81. The molecule has 0 aliphatic carbocycles. The van der Waals surface area contributed by atoms with Crippen LogP contribution in [0.2, 0.25) is 0 Å². The van der Waals surface area contributed by atoms with Gasteiger partial charge in [0.25, 0.3) is 11.8 Å². The first-order valence-corrected chi connectivity index (χ1v) is 5.69. The molecule has 2 rings (SSSR count). The van der Waals surface area contributed by atoms with Gasteiger partial charge in [0.1, 0.15) is 17.1 Å². The molecule has 0 N–H and O–H groups in total. The first-order valence-electron chi connectivity index (χ1n) is 5.69. The van der Waals surface area contributed by atoms with Crippen molar-refractivity contribution in [3.8, 4) is 11.6 Å². The second kappa shape index (κ2) is 6.07. The number of hydroxylamine groups is 2. The molecule has 0 spiro atoms. The molecule has 1 aromatic heterocycles. The molecule has 20 heavy (non-hydrogen) atoms. The number of nitrogens with zero attached hydrogens (tertiary/aromatic N) is 3. The molecule has 7 heteroatoms. The molecule has 0 atom stereocenters. The van der Waals surface area contributed by atoms with Gasteiger partial charge in [-0.25, -0.2) is 9.45 Å². The first kappa shape index (κ1) is 13.9. The van der Waals surface area contributed by atoms with Crippen LogP contribution < -0.4 is 4.74 Å². The van der Waals surface area contributed by atoms with E-state index in [1.807, 2.05) is 0 Å². The number of hydrogen-bond donors (Lipinski definition) is 0. The molecule has 6 nitrogen and oxygen atoms in total. The summed E-state index contributed by atoms with van der Waals surface area (Å²) in [6.45, 7) is 0. The van der Waals surface area contributed by atoms with Crippen molar-refractivity contribution in [1.29, 1.82) is 0 Å².